The Balaban J connectivity index is 2.26. The molecule has 1 aliphatic heterocycles. The number of carbonyl (C=O) groups is 2. The molecule has 0 atom stereocenters. The quantitative estimate of drug-likeness (QED) is 0.804. The van der Waals surface area contributed by atoms with E-state index in [0.29, 0.717) is 5.82 Å². The molecule has 19 heavy (non-hydrogen) atoms. The van der Waals surface area contributed by atoms with Crippen LogP contribution in [0.1, 0.15) is 40.4 Å². The van der Waals surface area contributed by atoms with Crippen molar-refractivity contribution in [1.29, 1.82) is 0 Å². The monoisotopic (exact) mass is 265 g/mol. The normalized spacial score (nSPS) is 18.9. The molecule has 1 aromatic heterocycles. The van der Waals surface area contributed by atoms with Gasteiger partial charge in [-0.05, 0) is 34.6 Å². The Morgan fingerprint density at radius 3 is 2.42 bits per heavy atom. The lowest BCUT2D eigenvalue weighted by Gasteiger charge is -2.23. The molecule has 1 saturated heterocycles. The number of rotatable bonds is 2. The largest absolute Gasteiger partial charge is 0.325 e. The van der Waals surface area contributed by atoms with Gasteiger partial charge in [-0.2, -0.15) is 5.10 Å². The van der Waals surface area contributed by atoms with E-state index < -0.39 is 11.6 Å². The number of nitrogens with one attached hydrogen (secondary N) is 1. The van der Waals surface area contributed by atoms with Gasteiger partial charge in [0.25, 0.3) is 5.91 Å². The van der Waals surface area contributed by atoms with Crippen LogP contribution in [0.3, 0.4) is 0 Å². The average molecular weight is 265 g/mol. The van der Waals surface area contributed by atoms with E-state index in [0.717, 1.165) is 0 Å². The van der Waals surface area contributed by atoms with Crippen molar-refractivity contribution in [2.45, 2.75) is 52.2 Å². The van der Waals surface area contributed by atoms with E-state index in [1.165, 1.54) is 11.2 Å². The van der Waals surface area contributed by atoms with Crippen molar-refractivity contribution in [1.82, 2.24) is 25.0 Å². The second-order valence-electron chi connectivity index (χ2n) is 6.21. The van der Waals surface area contributed by atoms with E-state index in [-0.39, 0.29) is 18.0 Å². The molecule has 2 heterocycles. The van der Waals surface area contributed by atoms with Gasteiger partial charge >= 0.3 is 6.03 Å². The van der Waals surface area contributed by atoms with Crippen molar-refractivity contribution in [3.05, 3.63) is 12.2 Å². The average Bonchev–Trinajstić information content (AvgIpc) is 2.77. The third-order valence-corrected chi connectivity index (χ3v) is 3.00. The summed E-state index contributed by atoms with van der Waals surface area (Å²) in [6.45, 7) is 9.46. The predicted octanol–water partition coefficient (Wildman–Crippen LogP) is 0.863. The standard InChI is InChI=1S/C12H19N5O2/c1-11(2,3)17-8(13-7-14-17)6-16-9(18)12(4,5)15-10(16)19/h7H,6H2,1-5H3,(H,15,19). The maximum absolute atomic E-state index is 12.1. The molecule has 0 unspecified atom stereocenters. The van der Waals surface area contributed by atoms with E-state index >= 15 is 0 Å². The topological polar surface area (TPSA) is 80.1 Å². The van der Waals surface area contributed by atoms with Crippen LogP contribution in [0, 0.1) is 0 Å². The second-order valence-corrected chi connectivity index (χ2v) is 6.21. The van der Waals surface area contributed by atoms with Crippen LogP contribution in [0.15, 0.2) is 6.33 Å². The smallest absolute Gasteiger partial charge is 0.324 e. The van der Waals surface area contributed by atoms with Gasteiger partial charge in [-0.1, -0.05) is 0 Å². The summed E-state index contributed by atoms with van der Waals surface area (Å²) in [5, 5.41) is 6.80. The van der Waals surface area contributed by atoms with Gasteiger partial charge in [-0.25, -0.2) is 14.5 Å². The van der Waals surface area contributed by atoms with Crippen molar-refractivity contribution >= 4 is 11.9 Å². The van der Waals surface area contributed by atoms with Gasteiger partial charge in [0.1, 0.15) is 17.7 Å². The molecule has 0 saturated carbocycles. The Morgan fingerprint density at radius 1 is 1.32 bits per heavy atom. The molecule has 1 aromatic rings. The fourth-order valence-electron chi connectivity index (χ4n) is 2.04. The van der Waals surface area contributed by atoms with Gasteiger partial charge in [-0.3, -0.25) is 9.69 Å². The SMILES string of the molecule is CC1(C)NC(=O)N(Cc2ncnn2C(C)(C)C)C1=O. The van der Waals surface area contributed by atoms with Crippen molar-refractivity contribution in [2.24, 2.45) is 0 Å². The van der Waals surface area contributed by atoms with Crippen molar-refractivity contribution in [3.8, 4) is 0 Å². The third kappa shape index (κ3) is 2.32. The molecule has 7 nitrogen and oxygen atoms in total. The summed E-state index contributed by atoms with van der Waals surface area (Å²) in [5.74, 6) is 0.342. The minimum absolute atomic E-state index is 0.130. The Kier molecular flexibility index (Phi) is 2.87. The number of carbonyl (C=O) groups excluding carboxylic acids is 2. The summed E-state index contributed by atoms with van der Waals surface area (Å²) in [6, 6.07) is -0.390. The molecule has 104 valence electrons. The van der Waals surface area contributed by atoms with Crippen LogP contribution in [-0.2, 0) is 16.9 Å². The van der Waals surface area contributed by atoms with Gasteiger partial charge < -0.3 is 5.32 Å². The number of urea groups is 1. The van der Waals surface area contributed by atoms with Gasteiger partial charge in [0, 0.05) is 0 Å². The van der Waals surface area contributed by atoms with Crippen LogP contribution < -0.4 is 5.32 Å². The van der Waals surface area contributed by atoms with E-state index in [1.807, 2.05) is 20.8 Å². The van der Waals surface area contributed by atoms with E-state index in [4.69, 9.17) is 0 Å². The van der Waals surface area contributed by atoms with Crippen molar-refractivity contribution in [2.75, 3.05) is 0 Å². The van der Waals surface area contributed by atoms with Gasteiger partial charge in [0.15, 0.2) is 0 Å². The number of aromatic nitrogens is 3. The lowest BCUT2D eigenvalue weighted by Crippen LogP contribution is -2.40. The molecule has 1 N–H and O–H groups in total. The second kappa shape index (κ2) is 4.04. The number of hydrogen-bond acceptors (Lipinski definition) is 4. The highest BCUT2D eigenvalue weighted by atomic mass is 16.2. The van der Waals surface area contributed by atoms with Crippen molar-refractivity contribution < 1.29 is 9.59 Å². The molecule has 3 amide bonds. The molecule has 0 aromatic carbocycles. The van der Waals surface area contributed by atoms with Crippen LogP contribution in [0.2, 0.25) is 0 Å². The zero-order chi connectivity index (χ0) is 14.4. The Morgan fingerprint density at radius 2 is 1.95 bits per heavy atom. The maximum Gasteiger partial charge on any atom is 0.325 e. The minimum atomic E-state index is -0.857. The van der Waals surface area contributed by atoms with Gasteiger partial charge in [0.2, 0.25) is 0 Å². The Labute approximate surface area is 112 Å². The maximum atomic E-state index is 12.1. The number of nitrogens with zero attached hydrogens (tertiary/aromatic N) is 4. The van der Waals surface area contributed by atoms with Crippen molar-refractivity contribution in [3.63, 3.8) is 0 Å². The zero-order valence-corrected chi connectivity index (χ0v) is 11.9. The summed E-state index contributed by atoms with van der Waals surface area (Å²) < 4.78 is 1.72. The molecule has 0 bridgehead atoms. The molecule has 7 heteroatoms. The first-order valence-electron chi connectivity index (χ1n) is 6.16. The number of amides is 3. The Bertz CT molecular complexity index is 526. The van der Waals surface area contributed by atoms with E-state index in [9.17, 15) is 9.59 Å². The van der Waals surface area contributed by atoms with Gasteiger partial charge in [-0.15, -0.1) is 0 Å². The first-order valence-corrected chi connectivity index (χ1v) is 6.16. The molecule has 0 spiro atoms. The molecule has 2 rings (SSSR count). The molecular formula is C12H19N5O2. The highest BCUT2D eigenvalue weighted by Crippen LogP contribution is 2.20. The molecule has 0 radical (unpaired) electrons. The Hall–Kier alpha value is -1.92. The number of imide groups is 1. The summed E-state index contributed by atoms with van der Waals surface area (Å²) in [5.41, 5.74) is -1.11. The predicted molar refractivity (Wildman–Crippen MR) is 68.2 cm³/mol. The van der Waals surface area contributed by atoms with Crippen LogP contribution in [-0.4, -0.2) is 37.1 Å². The molecule has 0 aliphatic carbocycles. The summed E-state index contributed by atoms with van der Waals surface area (Å²) in [7, 11) is 0. The van der Waals surface area contributed by atoms with E-state index in [1.54, 1.807) is 18.5 Å². The highest BCUT2D eigenvalue weighted by Gasteiger charge is 2.44. The first-order chi connectivity index (χ1) is 8.63. The third-order valence-electron chi connectivity index (χ3n) is 3.00. The summed E-state index contributed by atoms with van der Waals surface area (Å²) in [4.78, 5) is 29.2. The van der Waals surface area contributed by atoms with Crippen LogP contribution in [0.5, 0.6) is 0 Å². The van der Waals surface area contributed by atoms with Crippen LogP contribution >= 0.6 is 0 Å². The van der Waals surface area contributed by atoms with E-state index in [2.05, 4.69) is 15.4 Å². The fraction of sp³-hybridized carbons (Fsp3) is 0.667. The minimum Gasteiger partial charge on any atom is -0.324 e. The van der Waals surface area contributed by atoms with Crippen LogP contribution in [0.4, 0.5) is 4.79 Å². The first kappa shape index (κ1) is 13.5. The summed E-state index contributed by atoms with van der Waals surface area (Å²) >= 11 is 0. The lowest BCUT2D eigenvalue weighted by atomic mass is 10.1. The van der Waals surface area contributed by atoms with Crippen LogP contribution in [0.25, 0.3) is 0 Å². The lowest BCUT2D eigenvalue weighted by molar-refractivity contribution is -0.130. The molecule has 1 aliphatic rings. The molecule has 1 fully saturated rings. The highest BCUT2D eigenvalue weighted by molar-refractivity contribution is 6.06. The molecular weight excluding hydrogens is 246 g/mol. The zero-order valence-electron chi connectivity index (χ0n) is 11.9. The fourth-order valence-corrected chi connectivity index (χ4v) is 2.04. The summed E-state index contributed by atoms with van der Waals surface area (Å²) in [6.07, 6.45) is 1.43. The van der Waals surface area contributed by atoms with Gasteiger partial charge in [0.05, 0.1) is 12.1 Å². The number of hydrogen-bond donors (Lipinski definition) is 1.